The highest BCUT2D eigenvalue weighted by Gasteiger charge is 2.34. The van der Waals surface area contributed by atoms with Crippen LogP contribution in [0.5, 0.6) is 0 Å². The second-order valence-electron chi connectivity index (χ2n) is 7.42. The molecule has 0 fully saturated rings. The molecule has 0 N–H and O–H groups in total. The van der Waals surface area contributed by atoms with Crippen molar-refractivity contribution in [3.05, 3.63) is 65.5 Å². The Morgan fingerprint density at radius 1 is 1.00 bits per heavy atom. The van der Waals surface area contributed by atoms with E-state index in [0.29, 0.717) is 6.42 Å². The van der Waals surface area contributed by atoms with Crippen molar-refractivity contribution in [2.75, 3.05) is 0 Å². The van der Waals surface area contributed by atoms with E-state index >= 15 is 0 Å². The molecule has 1 aliphatic carbocycles. The number of aromatic nitrogens is 1. The van der Waals surface area contributed by atoms with Crippen LogP contribution < -0.4 is 0 Å². The Bertz CT molecular complexity index is 925. The minimum atomic E-state index is 0.0250. The maximum Gasteiger partial charge on any atom is 0.165 e. The second-order valence-corrected chi connectivity index (χ2v) is 7.42. The third-order valence-corrected chi connectivity index (χ3v) is 4.88. The lowest BCUT2D eigenvalue weighted by Crippen LogP contribution is -2.27. The zero-order valence-electron chi connectivity index (χ0n) is 13.9. The van der Waals surface area contributed by atoms with Crippen molar-refractivity contribution in [2.45, 2.75) is 33.6 Å². The zero-order valence-corrected chi connectivity index (χ0v) is 13.9. The molecule has 2 nitrogen and oxygen atoms in total. The van der Waals surface area contributed by atoms with Gasteiger partial charge in [-0.1, -0.05) is 50.2 Å². The topological polar surface area (TPSA) is 22.0 Å². The van der Waals surface area contributed by atoms with E-state index in [1.807, 2.05) is 0 Å². The fourth-order valence-corrected chi connectivity index (χ4v) is 3.89. The van der Waals surface area contributed by atoms with Gasteiger partial charge in [0, 0.05) is 28.8 Å². The fourth-order valence-electron chi connectivity index (χ4n) is 3.89. The van der Waals surface area contributed by atoms with E-state index in [4.69, 9.17) is 0 Å². The number of carbonyl (C=O) groups excluding carboxylic acids is 1. The van der Waals surface area contributed by atoms with Gasteiger partial charge < -0.3 is 4.57 Å². The Hall–Kier alpha value is -2.35. The van der Waals surface area contributed by atoms with Crippen LogP contribution in [0.2, 0.25) is 0 Å². The first-order valence-electron chi connectivity index (χ1n) is 8.19. The van der Waals surface area contributed by atoms with E-state index < -0.39 is 0 Å². The van der Waals surface area contributed by atoms with Crippen LogP contribution in [0.1, 0.15) is 42.0 Å². The Balaban J connectivity index is 2.02. The first kappa shape index (κ1) is 14.3. The maximum atomic E-state index is 12.5. The van der Waals surface area contributed by atoms with E-state index in [0.717, 1.165) is 17.7 Å². The van der Waals surface area contributed by atoms with Gasteiger partial charge in [-0.05, 0) is 36.3 Å². The van der Waals surface area contributed by atoms with Crippen LogP contribution >= 0.6 is 0 Å². The molecule has 23 heavy (non-hydrogen) atoms. The second kappa shape index (κ2) is 4.82. The summed E-state index contributed by atoms with van der Waals surface area (Å²) in [6, 6.07) is 16.9. The van der Waals surface area contributed by atoms with Gasteiger partial charge >= 0.3 is 0 Å². The number of fused-ring (bicyclic) bond motifs is 2. The molecule has 0 radical (unpaired) electrons. The predicted octanol–water partition coefficient (Wildman–Crippen LogP) is 5.09. The normalized spacial score (nSPS) is 16.6. The number of hydrogen-bond donors (Lipinski definition) is 0. The Morgan fingerprint density at radius 2 is 1.74 bits per heavy atom. The van der Waals surface area contributed by atoms with E-state index in [2.05, 4.69) is 73.9 Å². The van der Waals surface area contributed by atoms with Crippen molar-refractivity contribution < 1.29 is 4.79 Å². The average Bonchev–Trinajstić information content (AvgIpc) is 2.82. The van der Waals surface area contributed by atoms with E-state index in [9.17, 15) is 4.79 Å². The van der Waals surface area contributed by atoms with Gasteiger partial charge in [0.05, 0.1) is 5.69 Å². The summed E-state index contributed by atoms with van der Waals surface area (Å²) in [6.45, 7) is 6.47. The van der Waals surface area contributed by atoms with Crippen molar-refractivity contribution in [3.63, 3.8) is 0 Å². The Kier molecular flexibility index (Phi) is 2.99. The molecule has 0 aliphatic heterocycles. The van der Waals surface area contributed by atoms with Gasteiger partial charge in [0.25, 0.3) is 0 Å². The monoisotopic (exact) mass is 303 g/mol. The summed E-state index contributed by atoms with van der Waals surface area (Å²) < 4.78 is 2.29. The summed E-state index contributed by atoms with van der Waals surface area (Å²) in [4.78, 5) is 12.5. The van der Waals surface area contributed by atoms with Crippen LogP contribution in [-0.2, 0) is 6.42 Å². The van der Waals surface area contributed by atoms with Crippen LogP contribution in [0.15, 0.2) is 48.5 Å². The average molecular weight is 303 g/mol. The maximum absolute atomic E-state index is 12.5. The molecule has 2 aromatic carbocycles. The van der Waals surface area contributed by atoms with Crippen LogP contribution in [0, 0.1) is 12.3 Å². The lowest BCUT2D eigenvalue weighted by atomic mass is 9.76. The van der Waals surface area contributed by atoms with Crippen molar-refractivity contribution in [1.82, 2.24) is 4.57 Å². The highest BCUT2D eigenvalue weighted by molar-refractivity contribution is 6.00. The highest BCUT2D eigenvalue weighted by Crippen LogP contribution is 2.38. The fraction of sp³-hybridized carbons (Fsp3) is 0.286. The van der Waals surface area contributed by atoms with Crippen molar-refractivity contribution in [2.24, 2.45) is 5.41 Å². The predicted molar refractivity (Wildman–Crippen MR) is 94.4 cm³/mol. The SMILES string of the molecule is Cc1cc2c(n1-c1cccc3ccccc13)CC(C)(C)CC2=O. The zero-order chi connectivity index (χ0) is 16.2. The van der Waals surface area contributed by atoms with Gasteiger partial charge in [0.15, 0.2) is 5.78 Å². The third-order valence-electron chi connectivity index (χ3n) is 4.88. The summed E-state index contributed by atoms with van der Waals surface area (Å²) in [7, 11) is 0. The number of ketones is 1. The first-order valence-corrected chi connectivity index (χ1v) is 8.19. The molecule has 0 unspecified atom stereocenters. The molecule has 0 atom stereocenters. The van der Waals surface area contributed by atoms with Crippen molar-refractivity contribution in [3.8, 4) is 5.69 Å². The standard InChI is InChI=1S/C21H21NO/c1-14-11-17-19(12-21(2,3)13-20(17)23)22(14)18-10-6-8-15-7-4-5-9-16(15)18/h4-11H,12-13H2,1-3H3. The van der Waals surface area contributed by atoms with Crippen LogP contribution in [0.25, 0.3) is 16.5 Å². The molecule has 0 spiro atoms. The Morgan fingerprint density at radius 3 is 2.57 bits per heavy atom. The molecule has 2 heteroatoms. The Labute approximate surface area is 136 Å². The molecular formula is C21H21NO. The molecule has 0 saturated heterocycles. The van der Waals surface area contributed by atoms with Crippen LogP contribution in [0.3, 0.4) is 0 Å². The highest BCUT2D eigenvalue weighted by atomic mass is 16.1. The molecule has 1 aliphatic rings. The van der Waals surface area contributed by atoms with E-state index in [1.54, 1.807) is 0 Å². The summed E-state index contributed by atoms with van der Waals surface area (Å²) in [5, 5.41) is 2.46. The van der Waals surface area contributed by atoms with Gasteiger partial charge in [-0.15, -0.1) is 0 Å². The quantitative estimate of drug-likeness (QED) is 0.613. The number of hydrogen-bond acceptors (Lipinski definition) is 1. The minimum Gasteiger partial charge on any atom is -0.317 e. The lowest BCUT2D eigenvalue weighted by Gasteiger charge is -2.30. The minimum absolute atomic E-state index is 0.0250. The molecular weight excluding hydrogens is 282 g/mol. The molecule has 0 saturated carbocycles. The molecule has 116 valence electrons. The summed E-state index contributed by atoms with van der Waals surface area (Å²) >= 11 is 0. The van der Waals surface area contributed by atoms with Gasteiger partial charge in [-0.2, -0.15) is 0 Å². The molecule has 3 aromatic rings. The molecule has 1 aromatic heterocycles. The number of nitrogens with zero attached hydrogens (tertiary/aromatic N) is 1. The number of aryl methyl sites for hydroxylation is 1. The van der Waals surface area contributed by atoms with E-state index in [1.165, 1.54) is 22.2 Å². The summed E-state index contributed by atoms with van der Waals surface area (Å²) in [5.41, 5.74) is 4.41. The number of Topliss-reactive ketones (excluding diaryl/α,β-unsaturated/α-hetero) is 1. The van der Waals surface area contributed by atoms with Gasteiger partial charge in [-0.3, -0.25) is 4.79 Å². The smallest absolute Gasteiger partial charge is 0.165 e. The van der Waals surface area contributed by atoms with Gasteiger partial charge in [0.1, 0.15) is 0 Å². The molecule has 0 amide bonds. The number of carbonyl (C=O) groups is 1. The summed E-state index contributed by atoms with van der Waals surface area (Å²) in [6.07, 6.45) is 1.57. The molecule has 4 rings (SSSR count). The summed E-state index contributed by atoms with van der Waals surface area (Å²) in [5.74, 6) is 0.276. The van der Waals surface area contributed by atoms with Gasteiger partial charge in [0.2, 0.25) is 0 Å². The van der Waals surface area contributed by atoms with Gasteiger partial charge in [-0.25, -0.2) is 0 Å². The first-order chi connectivity index (χ1) is 11.0. The lowest BCUT2D eigenvalue weighted by molar-refractivity contribution is 0.0911. The molecule has 1 heterocycles. The third kappa shape index (κ3) is 2.21. The van der Waals surface area contributed by atoms with Crippen molar-refractivity contribution >= 4 is 16.6 Å². The van der Waals surface area contributed by atoms with Crippen LogP contribution in [-0.4, -0.2) is 10.4 Å². The molecule has 0 bridgehead atoms. The largest absolute Gasteiger partial charge is 0.317 e. The van der Waals surface area contributed by atoms with Crippen LogP contribution in [0.4, 0.5) is 0 Å². The van der Waals surface area contributed by atoms with Crippen molar-refractivity contribution in [1.29, 1.82) is 0 Å². The number of benzene rings is 2. The van der Waals surface area contributed by atoms with E-state index in [-0.39, 0.29) is 11.2 Å². The number of rotatable bonds is 1.